The molecule has 14 heavy (non-hydrogen) atoms. The molecule has 82 valence electrons. The summed E-state index contributed by atoms with van der Waals surface area (Å²) in [4.78, 5) is 16.2. The van der Waals surface area contributed by atoms with E-state index in [-0.39, 0.29) is 5.92 Å². The molecular formula is C11H22N2O. The van der Waals surface area contributed by atoms with Crippen LogP contribution in [0.25, 0.3) is 0 Å². The first kappa shape index (κ1) is 11.5. The Morgan fingerprint density at radius 3 is 2.50 bits per heavy atom. The molecule has 1 saturated heterocycles. The maximum atomic E-state index is 11.9. The third kappa shape index (κ3) is 2.71. The van der Waals surface area contributed by atoms with E-state index in [0.29, 0.717) is 11.9 Å². The maximum Gasteiger partial charge on any atom is 0.225 e. The third-order valence-electron chi connectivity index (χ3n) is 2.96. The molecule has 3 nitrogen and oxygen atoms in total. The van der Waals surface area contributed by atoms with Crippen LogP contribution in [-0.4, -0.2) is 48.4 Å². The summed E-state index contributed by atoms with van der Waals surface area (Å²) in [5.41, 5.74) is 0. The Labute approximate surface area is 87.1 Å². The van der Waals surface area contributed by atoms with Crippen LogP contribution in [0.4, 0.5) is 0 Å². The molecule has 1 fully saturated rings. The van der Waals surface area contributed by atoms with Crippen LogP contribution in [0.5, 0.6) is 0 Å². The van der Waals surface area contributed by atoms with E-state index in [1.54, 1.807) is 0 Å². The number of hydrogen-bond acceptors (Lipinski definition) is 2. The second-order valence-corrected chi connectivity index (χ2v) is 4.63. The number of rotatable bonds is 1. The molecule has 1 atom stereocenters. The summed E-state index contributed by atoms with van der Waals surface area (Å²) in [6.45, 7) is 9.09. The fourth-order valence-electron chi connectivity index (χ4n) is 1.83. The average molecular weight is 198 g/mol. The van der Waals surface area contributed by atoms with Crippen LogP contribution in [0.1, 0.15) is 27.2 Å². The zero-order valence-corrected chi connectivity index (χ0v) is 9.79. The molecule has 1 rings (SSSR count). The minimum Gasteiger partial charge on any atom is -0.338 e. The molecule has 0 aliphatic carbocycles. The van der Waals surface area contributed by atoms with Gasteiger partial charge in [-0.3, -0.25) is 4.79 Å². The van der Waals surface area contributed by atoms with Crippen molar-refractivity contribution in [2.24, 2.45) is 5.92 Å². The molecule has 1 aliphatic heterocycles. The summed E-state index contributed by atoms with van der Waals surface area (Å²) in [5, 5.41) is 0. The first-order valence-electron chi connectivity index (χ1n) is 5.51. The zero-order chi connectivity index (χ0) is 10.7. The minimum atomic E-state index is 0.126. The Hall–Kier alpha value is -0.570. The smallest absolute Gasteiger partial charge is 0.225 e. The van der Waals surface area contributed by atoms with Crippen LogP contribution in [0.2, 0.25) is 0 Å². The lowest BCUT2D eigenvalue weighted by Gasteiger charge is -2.28. The predicted molar refractivity (Wildman–Crippen MR) is 58.1 cm³/mol. The fourth-order valence-corrected chi connectivity index (χ4v) is 1.83. The van der Waals surface area contributed by atoms with Gasteiger partial charge in [-0.25, -0.2) is 0 Å². The zero-order valence-electron chi connectivity index (χ0n) is 9.79. The Morgan fingerprint density at radius 2 is 1.93 bits per heavy atom. The third-order valence-corrected chi connectivity index (χ3v) is 2.96. The maximum absolute atomic E-state index is 11.9. The molecule has 0 spiro atoms. The first-order valence-corrected chi connectivity index (χ1v) is 5.51. The van der Waals surface area contributed by atoms with Gasteiger partial charge in [0, 0.05) is 25.0 Å². The highest BCUT2D eigenvalue weighted by atomic mass is 16.2. The summed E-state index contributed by atoms with van der Waals surface area (Å²) >= 11 is 0. The summed E-state index contributed by atoms with van der Waals surface area (Å²) in [6, 6.07) is 0.398. The quantitative estimate of drug-likeness (QED) is 0.632. The topological polar surface area (TPSA) is 23.6 Å². The molecule has 0 saturated carbocycles. The standard InChI is InChI=1S/C11H22N2O/c1-9(2)11(14)13-8-7-12(4)6-5-10(13)3/h9-10H,5-8H2,1-4H3. The van der Waals surface area contributed by atoms with Crippen molar-refractivity contribution < 1.29 is 4.79 Å². The van der Waals surface area contributed by atoms with Gasteiger partial charge in [0.15, 0.2) is 0 Å². The summed E-state index contributed by atoms with van der Waals surface area (Å²) < 4.78 is 0. The van der Waals surface area contributed by atoms with Crippen molar-refractivity contribution in [3.05, 3.63) is 0 Å². The predicted octanol–water partition coefficient (Wildman–Crippen LogP) is 1.19. The molecule has 1 aliphatic rings. The number of likely N-dealkylation sites (N-methyl/N-ethyl adjacent to an activating group) is 1. The Kier molecular flexibility index (Phi) is 3.93. The first-order chi connectivity index (χ1) is 6.52. The normalized spacial score (nSPS) is 25.2. The highest BCUT2D eigenvalue weighted by Crippen LogP contribution is 2.12. The lowest BCUT2D eigenvalue weighted by Crippen LogP contribution is -2.41. The molecule has 0 aromatic heterocycles. The molecule has 0 radical (unpaired) electrons. The number of carbonyl (C=O) groups excluding carboxylic acids is 1. The minimum absolute atomic E-state index is 0.126. The van der Waals surface area contributed by atoms with Crippen molar-refractivity contribution in [2.45, 2.75) is 33.2 Å². The summed E-state index contributed by atoms with van der Waals surface area (Å²) in [6.07, 6.45) is 1.09. The van der Waals surface area contributed by atoms with E-state index in [2.05, 4.69) is 18.9 Å². The highest BCUT2D eigenvalue weighted by molar-refractivity contribution is 5.78. The van der Waals surface area contributed by atoms with Crippen molar-refractivity contribution >= 4 is 5.91 Å². The van der Waals surface area contributed by atoms with Gasteiger partial charge in [0.2, 0.25) is 5.91 Å². The van der Waals surface area contributed by atoms with Crippen LogP contribution in [-0.2, 0) is 4.79 Å². The Balaban J connectivity index is 2.62. The Bertz CT molecular complexity index is 203. The van der Waals surface area contributed by atoms with E-state index in [4.69, 9.17) is 0 Å². The van der Waals surface area contributed by atoms with Crippen LogP contribution in [0.3, 0.4) is 0 Å². The average Bonchev–Trinajstić information content (AvgIpc) is 2.28. The van der Waals surface area contributed by atoms with Gasteiger partial charge >= 0.3 is 0 Å². The molecule has 0 aromatic carbocycles. The van der Waals surface area contributed by atoms with E-state index < -0.39 is 0 Å². The van der Waals surface area contributed by atoms with E-state index in [0.717, 1.165) is 26.1 Å². The van der Waals surface area contributed by atoms with Crippen LogP contribution < -0.4 is 0 Å². The van der Waals surface area contributed by atoms with Crippen LogP contribution in [0, 0.1) is 5.92 Å². The summed E-state index contributed by atoms with van der Waals surface area (Å²) in [7, 11) is 2.12. The molecule has 0 aromatic rings. The van der Waals surface area contributed by atoms with Gasteiger partial charge in [-0.1, -0.05) is 13.8 Å². The second kappa shape index (κ2) is 4.78. The van der Waals surface area contributed by atoms with Gasteiger partial charge in [-0.05, 0) is 26.9 Å². The molecular weight excluding hydrogens is 176 g/mol. The number of nitrogens with zero attached hydrogens (tertiary/aromatic N) is 2. The molecule has 1 heterocycles. The van der Waals surface area contributed by atoms with Crippen molar-refractivity contribution in [1.82, 2.24) is 9.80 Å². The van der Waals surface area contributed by atoms with Crippen molar-refractivity contribution in [1.29, 1.82) is 0 Å². The molecule has 1 unspecified atom stereocenters. The van der Waals surface area contributed by atoms with Gasteiger partial charge in [-0.15, -0.1) is 0 Å². The monoisotopic (exact) mass is 198 g/mol. The van der Waals surface area contributed by atoms with E-state index >= 15 is 0 Å². The summed E-state index contributed by atoms with van der Waals surface area (Å²) in [5.74, 6) is 0.425. The SMILES string of the molecule is CC(C)C(=O)N1CCN(C)CCC1C. The number of hydrogen-bond donors (Lipinski definition) is 0. The van der Waals surface area contributed by atoms with Gasteiger partial charge in [0.1, 0.15) is 0 Å². The van der Waals surface area contributed by atoms with Crippen molar-refractivity contribution in [3.8, 4) is 0 Å². The van der Waals surface area contributed by atoms with E-state index in [1.165, 1.54) is 0 Å². The highest BCUT2D eigenvalue weighted by Gasteiger charge is 2.24. The van der Waals surface area contributed by atoms with Gasteiger partial charge in [0.25, 0.3) is 0 Å². The van der Waals surface area contributed by atoms with Crippen molar-refractivity contribution in [2.75, 3.05) is 26.7 Å². The van der Waals surface area contributed by atoms with Gasteiger partial charge < -0.3 is 9.80 Å². The van der Waals surface area contributed by atoms with Crippen molar-refractivity contribution in [3.63, 3.8) is 0 Å². The number of amides is 1. The van der Waals surface area contributed by atoms with E-state index in [9.17, 15) is 4.79 Å². The lowest BCUT2D eigenvalue weighted by atomic mass is 10.1. The second-order valence-electron chi connectivity index (χ2n) is 4.63. The fraction of sp³-hybridized carbons (Fsp3) is 0.909. The Morgan fingerprint density at radius 1 is 1.29 bits per heavy atom. The molecule has 3 heteroatoms. The molecule has 0 bridgehead atoms. The molecule has 1 amide bonds. The van der Waals surface area contributed by atoms with Crippen LogP contribution in [0.15, 0.2) is 0 Å². The number of carbonyl (C=O) groups is 1. The van der Waals surface area contributed by atoms with Crippen LogP contribution >= 0.6 is 0 Å². The van der Waals surface area contributed by atoms with Gasteiger partial charge in [-0.2, -0.15) is 0 Å². The largest absolute Gasteiger partial charge is 0.338 e. The molecule has 0 N–H and O–H groups in total. The van der Waals surface area contributed by atoms with E-state index in [1.807, 2.05) is 18.7 Å². The van der Waals surface area contributed by atoms with Gasteiger partial charge in [0.05, 0.1) is 0 Å². The lowest BCUT2D eigenvalue weighted by molar-refractivity contribution is -0.136.